The average Bonchev–Trinajstić information content (AvgIpc) is 3.27. The van der Waals surface area contributed by atoms with Crippen LogP contribution < -0.4 is 27.4 Å². The zero-order chi connectivity index (χ0) is 21.0. The van der Waals surface area contributed by atoms with E-state index in [1.54, 1.807) is 18.2 Å². The largest absolute Gasteiger partial charge is 0.417 e. The predicted molar refractivity (Wildman–Crippen MR) is 102 cm³/mol. The lowest BCUT2D eigenvalue weighted by Gasteiger charge is -2.19. The van der Waals surface area contributed by atoms with Crippen molar-refractivity contribution >= 4 is 42.5 Å². The molecule has 152 valence electrons. The summed E-state index contributed by atoms with van der Waals surface area (Å²) in [4.78, 5) is 3.12. The first-order valence-electron chi connectivity index (χ1n) is 7.84. The molecule has 0 fully saturated rings. The number of fused-ring (bicyclic) bond motifs is 1. The normalized spacial score (nSPS) is 14.6. The number of amidine groups is 1. The second kappa shape index (κ2) is 6.55. The molecule has 0 saturated heterocycles. The molecule has 0 bridgehead atoms. The highest BCUT2D eigenvalue weighted by Gasteiger charge is 2.40. The summed E-state index contributed by atoms with van der Waals surface area (Å²) >= 11 is 1.19. The molecule has 1 aliphatic rings. The van der Waals surface area contributed by atoms with Crippen LogP contribution in [0, 0.1) is 0 Å². The number of hydrogen-bond acceptors (Lipinski definition) is 9. The second-order valence-electron chi connectivity index (χ2n) is 5.93. The van der Waals surface area contributed by atoms with E-state index in [1.165, 1.54) is 11.3 Å². The van der Waals surface area contributed by atoms with Gasteiger partial charge in [-0.05, 0) is 17.7 Å². The zero-order valence-electron chi connectivity index (χ0n) is 14.2. The smallest absolute Gasteiger partial charge is 0.375 e. The van der Waals surface area contributed by atoms with Crippen molar-refractivity contribution in [1.82, 2.24) is 21.5 Å². The number of hydrogen-bond donors (Lipinski definition) is 5. The topological polar surface area (TPSA) is 148 Å². The number of anilines is 1. The molecule has 0 spiro atoms. The highest BCUT2D eigenvalue weighted by atomic mass is 32.2. The van der Waals surface area contributed by atoms with Crippen molar-refractivity contribution in [3.8, 4) is 11.1 Å². The highest BCUT2D eigenvalue weighted by molar-refractivity contribution is 7.89. The summed E-state index contributed by atoms with van der Waals surface area (Å²) in [5.74, 6) is -0.185. The van der Waals surface area contributed by atoms with Crippen LogP contribution in [-0.2, 0) is 16.2 Å². The molecule has 2 aromatic carbocycles. The lowest BCUT2D eigenvalue weighted by atomic mass is 9.95. The van der Waals surface area contributed by atoms with Crippen molar-refractivity contribution in [3.05, 3.63) is 41.5 Å². The number of nitrogen functional groups attached to an aromatic ring is 1. The van der Waals surface area contributed by atoms with Crippen molar-refractivity contribution in [2.75, 3.05) is 5.73 Å². The van der Waals surface area contributed by atoms with Gasteiger partial charge >= 0.3 is 6.18 Å². The van der Waals surface area contributed by atoms with Crippen LogP contribution in [0.4, 0.5) is 18.3 Å². The molecule has 0 saturated carbocycles. The molecule has 9 nitrogen and oxygen atoms in total. The third-order valence-electron chi connectivity index (χ3n) is 4.11. The van der Waals surface area contributed by atoms with E-state index < -0.39 is 26.7 Å². The van der Waals surface area contributed by atoms with E-state index in [0.29, 0.717) is 21.8 Å². The fourth-order valence-electron chi connectivity index (χ4n) is 3.06. The summed E-state index contributed by atoms with van der Waals surface area (Å²) in [6.07, 6.45) is -4.97. The van der Waals surface area contributed by atoms with E-state index in [2.05, 4.69) is 26.6 Å². The first-order valence-corrected chi connectivity index (χ1v) is 10.2. The molecule has 2 heterocycles. The number of thiazole rings is 1. The van der Waals surface area contributed by atoms with Gasteiger partial charge in [0, 0.05) is 11.1 Å². The number of hydrazine groups is 2. The van der Waals surface area contributed by atoms with Crippen molar-refractivity contribution in [2.45, 2.75) is 11.1 Å². The highest BCUT2D eigenvalue weighted by Crippen LogP contribution is 2.41. The molecular weight excluding hydrogens is 431 g/mol. The van der Waals surface area contributed by atoms with E-state index in [1.807, 2.05) is 0 Å². The average molecular weight is 443 g/mol. The number of aromatic nitrogens is 1. The van der Waals surface area contributed by atoms with Gasteiger partial charge in [-0.1, -0.05) is 29.5 Å². The van der Waals surface area contributed by atoms with Crippen LogP contribution in [0.3, 0.4) is 0 Å². The van der Waals surface area contributed by atoms with Gasteiger partial charge in [0.25, 0.3) is 0 Å². The van der Waals surface area contributed by atoms with Gasteiger partial charge in [0.05, 0.1) is 15.8 Å². The summed E-state index contributed by atoms with van der Waals surface area (Å²) in [7, 11) is -4.80. The number of benzene rings is 2. The van der Waals surface area contributed by atoms with Crippen molar-refractivity contribution in [3.63, 3.8) is 0 Å². The predicted octanol–water partition coefficient (Wildman–Crippen LogP) is 1.49. The van der Waals surface area contributed by atoms with Crippen LogP contribution in [0.25, 0.3) is 21.3 Å². The molecule has 14 heteroatoms. The molecule has 3 aromatic rings. The van der Waals surface area contributed by atoms with Crippen LogP contribution in [0.1, 0.15) is 11.1 Å². The molecule has 0 aliphatic carbocycles. The lowest BCUT2D eigenvalue weighted by Crippen LogP contribution is -2.36. The van der Waals surface area contributed by atoms with E-state index >= 15 is 0 Å². The Morgan fingerprint density at radius 1 is 1.10 bits per heavy atom. The van der Waals surface area contributed by atoms with Gasteiger partial charge in [0.15, 0.2) is 11.0 Å². The van der Waals surface area contributed by atoms with Gasteiger partial charge in [-0.3, -0.25) is 5.43 Å². The number of nitrogens with two attached hydrogens (primary N) is 2. The summed E-state index contributed by atoms with van der Waals surface area (Å²) < 4.78 is 66.0. The van der Waals surface area contributed by atoms with E-state index in [-0.39, 0.29) is 22.1 Å². The molecule has 0 atom stereocenters. The quantitative estimate of drug-likeness (QED) is 0.412. The minimum atomic E-state index is -4.97. The maximum absolute atomic E-state index is 13.6. The van der Waals surface area contributed by atoms with Gasteiger partial charge in [-0.15, -0.1) is 10.6 Å². The minimum Gasteiger partial charge on any atom is -0.375 e. The molecule has 0 unspecified atom stereocenters. The van der Waals surface area contributed by atoms with E-state index in [4.69, 9.17) is 10.9 Å². The van der Waals surface area contributed by atoms with Crippen LogP contribution in [0.15, 0.2) is 40.3 Å². The van der Waals surface area contributed by atoms with Crippen LogP contribution in [0.2, 0.25) is 0 Å². The number of alkyl halides is 3. The van der Waals surface area contributed by atoms with Gasteiger partial charge in [0.1, 0.15) is 4.90 Å². The number of primary sulfonamides is 1. The molecular formula is C15H12F3N7O2S2. The molecule has 1 aliphatic heterocycles. The Labute approximate surface area is 165 Å². The van der Waals surface area contributed by atoms with Crippen LogP contribution >= 0.6 is 11.3 Å². The third-order valence-corrected chi connectivity index (χ3v) is 5.96. The van der Waals surface area contributed by atoms with Crippen LogP contribution in [-0.4, -0.2) is 19.2 Å². The first kappa shape index (κ1) is 19.4. The monoisotopic (exact) mass is 443 g/mol. The minimum absolute atomic E-state index is 0.134. The molecule has 0 amide bonds. The van der Waals surface area contributed by atoms with Crippen molar-refractivity contribution < 1.29 is 21.6 Å². The zero-order valence-corrected chi connectivity index (χ0v) is 15.8. The molecule has 4 rings (SSSR count). The Kier molecular flexibility index (Phi) is 4.38. The number of hydrazone groups is 1. The maximum atomic E-state index is 13.6. The number of rotatable bonds is 3. The number of sulfonamides is 1. The number of nitrogens with zero attached hydrogens (tertiary/aromatic N) is 2. The number of nitrogens with one attached hydrogen (secondary N) is 3. The molecule has 1 aromatic heterocycles. The Balaban J connectivity index is 2.15. The SMILES string of the molecule is Nc1nc2c(-c3ccc(C(F)(F)F)c(S(N)(=O)=O)c3C3=NNNN3)cccc2s1. The summed E-state index contributed by atoms with van der Waals surface area (Å²) in [6.45, 7) is 0. The fraction of sp³-hybridized carbons (Fsp3) is 0.0667. The van der Waals surface area contributed by atoms with Gasteiger partial charge in [-0.2, -0.15) is 13.2 Å². The van der Waals surface area contributed by atoms with Gasteiger partial charge in [-0.25, -0.2) is 24.1 Å². The van der Waals surface area contributed by atoms with Gasteiger partial charge < -0.3 is 5.73 Å². The third kappa shape index (κ3) is 3.35. The Hall–Kier alpha value is -2.94. The summed E-state index contributed by atoms with van der Waals surface area (Å²) in [6, 6.07) is 6.82. The molecule has 7 N–H and O–H groups in total. The van der Waals surface area contributed by atoms with E-state index in [0.717, 1.165) is 6.07 Å². The molecule has 0 radical (unpaired) electrons. The fourth-order valence-corrected chi connectivity index (χ4v) is 4.80. The summed E-state index contributed by atoms with van der Waals surface area (Å²) in [5.41, 5.74) is 12.1. The van der Waals surface area contributed by atoms with Gasteiger partial charge in [0.2, 0.25) is 10.0 Å². The Bertz CT molecular complexity index is 1270. The first-order chi connectivity index (χ1) is 13.6. The lowest BCUT2D eigenvalue weighted by molar-refractivity contribution is -0.139. The van der Waals surface area contributed by atoms with Crippen molar-refractivity contribution in [2.24, 2.45) is 10.2 Å². The number of para-hydroxylation sites is 1. The number of halogens is 3. The standard InChI is InChI=1S/C15H12F3N7O2S2/c16-15(17,18)8-5-4-6(7-2-1-3-9-11(7)21-14(19)28-9)10(12(8)29(20,26)27)13-22-24-25-23-13/h1-5,24-25H,(H2,19,21)(H,22,23)(H2,20,26,27). The molecule has 29 heavy (non-hydrogen) atoms. The van der Waals surface area contributed by atoms with E-state index in [9.17, 15) is 21.6 Å². The summed E-state index contributed by atoms with van der Waals surface area (Å²) in [5, 5.41) is 9.25. The second-order valence-corrected chi connectivity index (χ2v) is 8.49. The maximum Gasteiger partial charge on any atom is 0.417 e. The Morgan fingerprint density at radius 3 is 2.48 bits per heavy atom. The Morgan fingerprint density at radius 2 is 1.86 bits per heavy atom. The van der Waals surface area contributed by atoms with Crippen molar-refractivity contribution in [1.29, 1.82) is 0 Å². The van der Waals surface area contributed by atoms with Crippen LogP contribution in [0.5, 0.6) is 0 Å².